The highest BCUT2D eigenvalue weighted by molar-refractivity contribution is 9.10. The zero-order valence-electron chi connectivity index (χ0n) is 8.79. The number of nitrogens with two attached hydrogens (primary N) is 1. The van der Waals surface area contributed by atoms with Gasteiger partial charge >= 0.3 is 0 Å². The lowest BCUT2D eigenvalue weighted by atomic mass is 10.2. The van der Waals surface area contributed by atoms with Crippen molar-refractivity contribution in [2.75, 3.05) is 24.2 Å². The Hall–Kier alpha value is -0.770. The molecule has 1 heterocycles. The molecule has 0 atom stereocenters. The monoisotopic (exact) mass is 257 g/mol. The molecule has 3 nitrogen and oxygen atoms in total. The van der Waals surface area contributed by atoms with Gasteiger partial charge in [-0.25, -0.2) is 4.98 Å². The maximum absolute atomic E-state index is 5.62. The highest BCUT2D eigenvalue weighted by Gasteiger charge is 2.08. The van der Waals surface area contributed by atoms with Gasteiger partial charge in [0.15, 0.2) is 0 Å². The molecule has 4 heteroatoms. The Kier molecular flexibility index (Phi) is 3.75. The minimum atomic E-state index is 0.617. The maximum Gasteiger partial charge on any atom is 0.142 e. The van der Waals surface area contributed by atoms with E-state index in [-0.39, 0.29) is 0 Å². The Morgan fingerprint density at radius 1 is 1.57 bits per heavy atom. The summed E-state index contributed by atoms with van der Waals surface area (Å²) in [7, 11) is 2.03. The first-order chi connectivity index (χ1) is 6.50. The van der Waals surface area contributed by atoms with E-state index in [1.165, 1.54) is 0 Å². The van der Waals surface area contributed by atoms with Gasteiger partial charge in [0, 0.05) is 13.6 Å². The van der Waals surface area contributed by atoms with Crippen molar-refractivity contribution in [3.05, 3.63) is 16.7 Å². The second-order valence-electron chi connectivity index (χ2n) is 3.85. The molecule has 0 fully saturated rings. The predicted octanol–water partition coefficient (Wildman–Crippen LogP) is 2.52. The van der Waals surface area contributed by atoms with E-state index >= 15 is 0 Å². The third kappa shape index (κ3) is 2.87. The minimum absolute atomic E-state index is 0.617. The van der Waals surface area contributed by atoms with Crippen LogP contribution in [0.2, 0.25) is 0 Å². The van der Waals surface area contributed by atoms with Crippen molar-refractivity contribution in [2.24, 2.45) is 5.92 Å². The van der Waals surface area contributed by atoms with Crippen molar-refractivity contribution in [1.29, 1.82) is 0 Å². The number of nitrogen functional groups attached to an aromatic ring is 1. The average Bonchev–Trinajstić information content (AvgIpc) is 2.01. The van der Waals surface area contributed by atoms with Gasteiger partial charge < -0.3 is 10.6 Å². The number of aromatic nitrogens is 1. The molecule has 0 aromatic carbocycles. The van der Waals surface area contributed by atoms with Gasteiger partial charge in [0.1, 0.15) is 5.82 Å². The molecule has 0 unspecified atom stereocenters. The first kappa shape index (κ1) is 11.3. The molecule has 0 spiro atoms. The first-order valence-electron chi connectivity index (χ1n) is 4.63. The van der Waals surface area contributed by atoms with E-state index in [1.807, 2.05) is 13.1 Å². The van der Waals surface area contributed by atoms with E-state index in [1.54, 1.807) is 6.20 Å². The molecule has 0 saturated heterocycles. The zero-order chi connectivity index (χ0) is 10.7. The van der Waals surface area contributed by atoms with Crippen LogP contribution in [0.4, 0.5) is 11.5 Å². The molecule has 0 aliphatic rings. The van der Waals surface area contributed by atoms with Crippen molar-refractivity contribution in [3.63, 3.8) is 0 Å². The number of anilines is 2. The van der Waals surface area contributed by atoms with Crippen LogP contribution in [0.15, 0.2) is 16.7 Å². The van der Waals surface area contributed by atoms with Crippen LogP contribution >= 0.6 is 15.9 Å². The molecule has 0 aliphatic heterocycles. The molecular weight excluding hydrogens is 242 g/mol. The van der Waals surface area contributed by atoms with Gasteiger partial charge in [-0.3, -0.25) is 0 Å². The summed E-state index contributed by atoms with van der Waals surface area (Å²) in [6, 6.07) is 1.87. The number of hydrogen-bond acceptors (Lipinski definition) is 3. The third-order valence-corrected chi connectivity index (χ3v) is 2.43. The highest BCUT2D eigenvalue weighted by atomic mass is 79.9. The largest absolute Gasteiger partial charge is 0.397 e. The van der Waals surface area contributed by atoms with Crippen molar-refractivity contribution in [1.82, 2.24) is 4.98 Å². The molecular formula is C10H16BrN3. The Bertz CT molecular complexity index is 312. The van der Waals surface area contributed by atoms with Gasteiger partial charge in [-0.05, 0) is 27.9 Å². The summed E-state index contributed by atoms with van der Waals surface area (Å²) in [5, 5.41) is 0. The summed E-state index contributed by atoms with van der Waals surface area (Å²) in [5.74, 6) is 1.55. The topological polar surface area (TPSA) is 42.2 Å². The molecule has 1 aromatic rings. The van der Waals surface area contributed by atoms with Crippen LogP contribution in [0.3, 0.4) is 0 Å². The maximum atomic E-state index is 5.62. The lowest BCUT2D eigenvalue weighted by Crippen LogP contribution is -2.23. The molecule has 0 amide bonds. The molecule has 1 rings (SSSR count). The molecule has 14 heavy (non-hydrogen) atoms. The van der Waals surface area contributed by atoms with Crippen molar-refractivity contribution in [2.45, 2.75) is 13.8 Å². The number of pyridine rings is 1. The van der Waals surface area contributed by atoms with Crippen LogP contribution in [-0.4, -0.2) is 18.6 Å². The van der Waals surface area contributed by atoms with Crippen LogP contribution in [-0.2, 0) is 0 Å². The highest BCUT2D eigenvalue weighted by Crippen LogP contribution is 2.24. The quantitative estimate of drug-likeness (QED) is 0.905. The molecule has 0 radical (unpaired) electrons. The zero-order valence-corrected chi connectivity index (χ0v) is 10.4. The third-order valence-electron chi connectivity index (χ3n) is 1.84. The van der Waals surface area contributed by atoms with Gasteiger partial charge in [0.25, 0.3) is 0 Å². The molecule has 0 aliphatic carbocycles. The lowest BCUT2D eigenvalue weighted by molar-refractivity contribution is 0.634. The minimum Gasteiger partial charge on any atom is -0.397 e. The van der Waals surface area contributed by atoms with Crippen LogP contribution in [0.5, 0.6) is 0 Å². The standard InChI is InChI=1S/C10H16BrN3/c1-7(2)6-14(3)10-9(11)4-8(12)5-13-10/h4-5,7H,6,12H2,1-3H3. The van der Waals surface area contributed by atoms with Gasteiger partial charge in [0.05, 0.1) is 16.4 Å². The molecule has 78 valence electrons. The second kappa shape index (κ2) is 4.64. The van der Waals surface area contributed by atoms with E-state index in [9.17, 15) is 0 Å². The van der Waals surface area contributed by atoms with Gasteiger partial charge in [0.2, 0.25) is 0 Å². The second-order valence-corrected chi connectivity index (χ2v) is 4.70. The Labute approximate surface area is 93.4 Å². The summed E-state index contributed by atoms with van der Waals surface area (Å²) in [4.78, 5) is 6.40. The fourth-order valence-electron chi connectivity index (χ4n) is 1.36. The van der Waals surface area contributed by atoms with Gasteiger partial charge in [-0.2, -0.15) is 0 Å². The van der Waals surface area contributed by atoms with E-state index in [0.717, 1.165) is 16.8 Å². The molecule has 0 saturated carbocycles. The van der Waals surface area contributed by atoms with E-state index < -0.39 is 0 Å². The van der Waals surface area contributed by atoms with Crippen molar-refractivity contribution < 1.29 is 0 Å². The van der Waals surface area contributed by atoms with Crippen LogP contribution in [0.1, 0.15) is 13.8 Å². The van der Waals surface area contributed by atoms with Crippen LogP contribution < -0.4 is 10.6 Å². The number of halogens is 1. The summed E-state index contributed by atoms with van der Waals surface area (Å²) in [5.41, 5.74) is 6.30. The van der Waals surface area contributed by atoms with E-state index in [0.29, 0.717) is 11.6 Å². The number of hydrogen-bond donors (Lipinski definition) is 1. The van der Waals surface area contributed by atoms with Gasteiger partial charge in [-0.15, -0.1) is 0 Å². The molecule has 1 aromatic heterocycles. The lowest BCUT2D eigenvalue weighted by Gasteiger charge is -2.21. The van der Waals surface area contributed by atoms with Crippen LogP contribution in [0.25, 0.3) is 0 Å². The van der Waals surface area contributed by atoms with Crippen LogP contribution in [0, 0.1) is 5.92 Å². The average molecular weight is 258 g/mol. The predicted molar refractivity (Wildman–Crippen MR) is 64.5 cm³/mol. The number of nitrogens with zero attached hydrogens (tertiary/aromatic N) is 2. The SMILES string of the molecule is CC(C)CN(C)c1ncc(N)cc1Br. The van der Waals surface area contributed by atoms with E-state index in [2.05, 4.69) is 39.7 Å². The molecule has 0 bridgehead atoms. The summed E-state index contributed by atoms with van der Waals surface area (Å²) >= 11 is 3.45. The first-order valence-corrected chi connectivity index (χ1v) is 5.42. The van der Waals surface area contributed by atoms with Crippen molar-refractivity contribution in [3.8, 4) is 0 Å². The fourth-order valence-corrected chi connectivity index (χ4v) is 2.03. The smallest absolute Gasteiger partial charge is 0.142 e. The fraction of sp³-hybridized carbons (Fsp3) is 0.500. The summed E-state index contributed by atoms with van der Waals surface area (Å²) < 4.78 is 0.945. The van der Waals surface area contributed by atoms with Gasteiger partial charge in [-0.1, -0.05) is 13.8 Å². The Balaban J connectivity index is 2.84. The normalized spacial score (nSPS) is 10.6. The summed E-state index contributed by atoms with van der Waals surface area (Å²) in [6.45, 7) is 5.35. The Morgan fingerprint density at radius 3 is 2.71 bits per heavy atom. The summed E-state index contributed by atoms with van der Waals surface area (Å²) in [6.07, 6.45) is 1.68. The molecule has 2 N–H and O–H groups in total. The van der Waals surface area contributed by atoms with E-state index in [4.69, 9.17) is 5.73 Å². The Morgan fingerprint density at radius 2 is 2.21 bits per heavy atom. The van der Waals surface area contributed by atoms with Crippen molar-refractivity contribution >= 4 is 27.4 Å². The number of rotatable bonds is 3.